The van der Waals surface area contributed by atoms with E-state index in [9.17, 15) is 31.9 Å². The molecule has 170 valence electrons. The molecule has 0 spiro atoms. The maximum atomic E-state index is 14.0. The molecule has 1 amide bonds. The van der Waals surface area contributed by atoms with Gasteiger partial charge in [0.25, 0.3) is 11.3 Å². The SMILES string of the molecule is CCOC(=O)c1noc2nc(C)n([C@H](CC)C(=O)Nc3c(F)c(F)cc(F)c3F)c(=O)c12. The second kappa shape index (κ2) is 8.77. The number of aryl methyl sites for hydroxylation is 1. The van der Waals surface area contributed by atoms with Crippen LogP contribution in [-0.2, 0) is 9.53 Å². The molecule has 9 nitrogen and oxygen atoms in total. The van der Waals surface area contributed by atoms with Gasteiger partial charge < -0.3 is 14.6 Å². The predicted octanol–water partition coefficient (Wildman–Crippen LogP) is 3.02. The van der Waals surface area contributed by atoms with Gasteiger partial charge in [-0.05, 0) is 20.3 Å². The molecule has 1 atom stereocenters. The van der Waals surface area contributed by atoms with Crippen molar-refractivity contribution in [3.05, 3.63) is 51.2 Å². The van der Waals surface area contributed by atoms with Crippen LogP contribution >= 0.6 is 0 Å². The van der Waals surface area contributed by atoms with Crippen molar-refractivity contribution >= 4 is 28.7 Å². The van der Waals surface area contributed by atoms with Crippen LogP contribution in [0.3, 0.4) is 0 Å². The summed E-state index contributed by atoms with van der Waals surface area (Å²) in [6.45, 7) is 4.33. The second-order valence-corrected chi connectivity index (χ2v) is 6.52. The highest BCUT2D eigenvalue weighted by molar-refractivity contribution is 6.00. The van der Waals surface area contributed by atoms with E-state index < -0.39 is 58.1 Å². The maximum Gasteiger partial charge on any atom is 0.361 e. The van der Waals surface area contributed by atoms with Gasteiger partial charge in [-0.2, -0.15) is 4.98 Å². The van der Waals surface area contributed by atoms with Gasteiger partial charge in [0.05, 0.1) is 6.61 Å². The average molecular weight is 456 g/mol. The van der Waals surface area contributed by atoms with Crippen LogP contribution < -0.4 is 10.9 Å². The van der Waals surface area contributed by atoms with Gasteiger partial charge in [-0.25, -0.2) is 22.4 Å². The third-order valence-corrected chi connectivity index (χ3v) is 4.55. The first-order chi connectivity index (χ1) is 15.1. The highest BCUT2D eigenvalue weighted by Gasteiger charge is 2.30. The molecule has 0 saturated heterocycles. The summed E-state index contributed by atoms with van der Waals surface area (Å²) in [4.78, 5) is 41.9. The van der Waals surface area contributed by atoms with E-state index in [0.29, 0.717) is 0 Å². The Morgan fingerprint density at radius 2 is 1.81 bits per heavy atom. The standard InChI is InChI=1S/C19H16F4N4O5/c1-4-10(16(28)25-15-12(22)8(20)6-9(21)13(15)23)27-7(3)24-17-11(18(27)29)14(26-32-17)19(30)31-5-2/h6,10H,4-5H2,1-3H3,(H,25,28)/t10-/m1/s1. The summed E-state index contributed by atoms with van der Waals surface area (Å²) < 4.78 is 65.4. The molecule has 0 aliphatic carbocycles. The highest BCUT2D eigenvalue weighted by Crippen LogP contribution is 2.26. The maximum absolute atomic E-state index is 14.0. The first kappa shape index (κ1) is 22.9. The van der Waals surface area contributed by atoms with Crippen molar-refractivity contribution in [1.29, 1.82) is 0 Å². The summed E-state index contributed by atoms with van der Waals surface area (Å²) >= 11 is 0. The summed E-state index contributed by atoms with van der Waals surface area (Å²) in [7, 11) is 0. The molecule has 2 aromatic heterocycles. The Morgan fingerprint density at radius 1 is 1.19 bits per heavy atom. The third-order valence-electron chi connectivity index (χ3n) is 4.55. The van der Waals surface area contributed by atoms with E-state index in [1.54, 1.807) is 5.32 Å². The van der Waals surface area contributed by atoms with Gasteiger partial charge in [-0.15, -0.1) is 0 Å². The smallest absolute Gasteiger partial charge is 0.361 e. The molecule has 13 heteroatoms. The number of nitrogens with zero attached hydrogens (tertiary/aromatic N) is 3. The molecule has 32 heavy (non-hydrogen) atoms. The number of hydrogen-bond acceptors (Lipinski definition) is 7. The second-order valence-electron chi connectivity index (χ2n) is 6.52. The molecule has 0 aliphatic heterocycles. The number of carbonyl (C=O) groups is 2. The summed E-state index contributed by atoms with van der Waals surface area (Å²) in [5.74, 6) is -9.23. The Labute approximate surface area is 177 Å². The van der Waals surface area contributed by atoms with Crippen LogP contribution in [0.1, 0.15) is 42.6 Å². The van der Waals surface area contributed by atoms with E-state index in [1.165, 1.54) is 20.8 Å². The third kappa shape index (κ3) is 3.81. The summed E-state index contributed by atoms with van der Waals surface area (Å²) in [5.41, 5.74) is -3.01. The molecule has 0 fully saturated rings. The van der Waals surface area contributed by atoms with E-state index in [4.69, 9.17) is 9.26 Å². The first-order valence-corrected chi connectivity index (χ1v) is 9.31. The Hall–Kier alpha value is -3.77. The number of benzene rings is 1. The zero-order valence-electron chi connectivity index (χ0n) is 17.0. The molecule has 0 radical (unpaired) electrons. The van der Waals surface area contributed by atoms with E-state index in [-0.39, 0.29) is 36.0 Å². The number of fused-ring (bicyclic) bond motifs is 1. The minimum absolute atomic E-state index is 0.00701. The van der Waals surface area contributed by atoms with Gasteiger partial charge in [0.2, 0.25) is 11.6 Å². The number of ether oxygens (including phenoxy) is 1. The summed E-state index contributed by atoms with van der Waals surface area (Å²) in [6.07, 6.45) is -0.0964. The van der Waals surface area contributed by atoms with Crippen LogP contribution in [-0.4, -0.2) is 33.2 Å². The molecule has 0 aliphatic rings. The Kier molecular flexibility index (Phi) is 6.27. The van der Waals surface area contributed by atoms with E-state index in [2.05, 4.69) is 10.1 Å². The van der Waals surface area contributed by atoms with Gasteiger partial charge in [0, 0.05) is 6.07 Å². The Morgan fingerprint density at radius 3 is 2.38 bits per heavy atom. The number of rotatable bonds is 6. The van der Waals surface area contributed by atoms with Gasteiger partial charge in [0.15, 0.2) is 23.3 Å². The largest absolute Gasteiger partial charge is 0.461 e. The monoisotopic (exact) mass is 456 g/mol. The van der Waals surface area contributed by atoms with Gasteiger partial charge in [-0.1, -0.05) is 12.1 Å². The lowest BCUT2D eigenvalue weighted by atomic mass is 10.1. The fourth-order valence-corrected chi connectivity index (χ4v) is 3.10. The Bertz CT molecular complexity index is 1260. The van der Waals surface area contributed by atoms with Crippen LogP contribution in [0.25, 0.3) is 11.1 Å². The number of hydrogen-bond donors (Lipinski definition) is 1. The van der Waals surface area contributed by atoms with E-state index >= 15 is 0 Å². The molecule has 3 rings (SSSR count). The molecular formula is C19H16F4N4O5. The molecule has 3 aromatic rings. The number of amides is 1. The van der Waals surface area contributed by atoms with Crippen molar-refractivity contribution in [1.82, 2.24) is 14.7 Å². The Balaban J connectivity index is 2.10. The zero-order chi connectivity index (χ0) is 23.7. The van der Waals surface area contributed by atoms with Crippen LogP contribution in [0, 0.1) is 30.2 Å². The zero-order valence-corrected chi connectivity index (χ0v) is 17.0. The predicted molar refractivity (Wildman–Crippen MR) is 101 cm³/mol. The number of carbonyl (C=O) groups excluding carboxylic acids is 2. The number of aromatic nitrogens is 3. The fourth-order valence-electron chi connectivity index (χ4n) is 3.10. The molecule has 2 heterocycles. The molecule has 0 bridgehead atoms. The highest BCUT2D eigenvalue weighted by atomic mass is 19.2. The number of anilines is 1. The molecule has 1 aromatic carbocycles. The summed E-state index contributed by atoms with van der Waals surface area (Å²) in [6, 6.07) is -1.43. The van der Waals surface area contributed by atoms with Crippen molar-refractivity contribution < 1.29 is 36.4 Å². The summed E-state index contributed by atoms with van der Waals surface area (Å²) in [5, 5.41) is 4.90. The van der Waals surface area contributed by atoms with Crippen LogP contribution in [0.15, 0.2) is 15.4 Å². The van der Waals surface area contributed by atoms with Crippen molar-refractivity contribution in [2.45, 2.75) is 33.2 Å². The van der Waals surface area contributed by atoms with E-state index in [1.807, 2.05) is 0 Å². The number of esters is 1. The van der Waals surface area contributed by atoms with Crippen molar-refractivity contribution in [3.8, 4) is 0 Å². The molecule has 0 saturated carbocycles. The van der Waals surface area contributed by atoms with Gasteiger partial charge >= 0.3 is 5.97 Å². The minimum Gasteiger partial charge on any atom is -0.461 e. The van der Waals surface area contributed by atoms with Gasteiger partial charge in [0.1, 0.15) is 22.9 Å². The van der Waals surface area contributed by atoms with Crippen molar-refractivity contribution in [2.75, 3.05) is 11.9 Å². The minimum atomic E-state index is -1.81. The number of halogens is 4. The normalized spacial score (nSPS) is 12.1. The van der Waals surface area contributed by atoms with Crippen LogP contribution in [0.2, 0.25) is 0 Å². The van der Waals surface area contributed by atoms with Crippen molar-refractivity contribution in [3.63, 3.8) is 0 Å². The van der Waals surface area contributed by atoms with Crippen molar-refractivity contribution in [2.24, 2.45) is 0 Å². The topological polar surface area (TPSA) is 116 Å². The fraction of sp³-hybridized carbons (Fsp3) is 0.316. The lowest BCUT2D eigenvalue weighted by Gasteiger charge is -2.20. The van der Waals surface area contributed by atoms with Crippen LogP contribution in [0.5, 0.6) is 0 Å². The molecule has 1 N–H and O–H groups in total. The lowest BCUT2D eigenvalue weighted by molar-refractivity contribution is -0.119. The molecule has 0 unspecified atom stereocenters. The van der Waals surface area contributed by atoms with Crippen LogP contribution in [0.4, 0.5) is 23.2 Å². The quantitative estimate of drug-likeness (QED) is 0.344. The first-order valence-electron chi connectivity index (χ1n) is 9.31. The average Bonchev–Trinajstić information content (AvgIpc) is 3.16. The number of nitrogens with one attached hydrogen (secondary N) is 1. The van der Waals surface area contributed by atoms with E-state index in [0.717, 1.165) is 4.57 Å². The lowest BCUT2D eigenvalue weighted by Crippen LogP contribution is -2.36. The molecular weight excluding hydrogens is 440 g/mol. The van der Waals surface area contributed by atoms with Gasteiger partial charge in [-0.3, -0.25) is 14.2 Å².